The van der Waals surface area contributed by atoms with Crippen molar-refractivity contribution in [1.29, 1.82) is 0 Å². The van der Waals surface area contributed by atoms with E-state index in [1.807, 2.05) is 24.3 Å². The van der Waals surface area contributed by atoms with Crippen LogP contribution in [-0.2, 0) is 6.54 Å². The molecule has 1 aliphatic heterocycles. The van der Waals surface area contributed by atoms with E-state index in [4.69, 9.17) is 5.21 Å². The molecule has 0 aliphatic carbocycles. The normalized spacial score (nSPS) is 16.4. The van der Waals surface area contributed by atoms with Crippen molar-refractivity contribution in [2.45, 2.75) is 13.0 Å². The summed E-state index contributed by atoms with van der Waals surface area (Å²) >= 11 is 0. The number of para-hydroxylation sites is 1. The lowest BCUT2D eigenvalue weighted by molar-refractivity contribution is 0.317. The molecule has 2 aromatic rings. The van der Waals surface area contributed by atoms with E-state index in [0.29, 0.717) is 0 Å². The predicted molar refractivity (Wildman–Crippen MR) is 76.9 cm³/mol. The number of nitrogens with zero attached hydrogens (tertiary/aromatic N) is 2. The van der Waals surface area contributed by atoms with Gasteiger partial charge in [0.2, 0.25) is 0 Å². The number of oxime groups is 1. The summed E-state index contributed by atoms with van der Waals surface area (Å²) in [6.45, 7) is 1.77. The SMILES string of the molecule is O/N=C1\CCN(Cc2ccccc2)c2ccccc21. The van der Waals surface area contributed by atoms with Crippen molar-refractivity contribution in [2.75, 3.05) is 11.4 Å². The molecule has 0 saturated heterocycles. The van der Waals surface area contributed by atoms with Crippen molar-refractivity contribution < 1.29 is 5.21 Å². The van der Waals surface area contributed by atoms with Crippen LogP contribution in [0.1, 0.15) is 17.5 Å². The maximum Gasteiger partial charge on any atom is 0.0906 e. The van der Waals surface area contributed by atoms with Gasteiger partial charge in [-0.3, -0.25) is 0 Å². The average molecular weight is 252 g/mol. The van der Waals surface area contributed by atoms with Crippen LogP contribution in [0.5, 0.6) is 0 Å². The van der Waals surface area contributed by atoms with Crippen LogP contribution in [0.3, 0.4) is 0 Å². The highest BCUT2D eigenvalue weighted by molar-refractivity contribution is 6.06. The Hall–Kier alpha value is -2.29. The summed E-state index contributed by atoms with van der Waals surface area (Å²) in [6.07, 6.45) is 0.778. The topological polar surface area (TPSA) is 35.8 Å². The summed E-state index contributed by atoms with van der Waals surface area (Å²) in [7, 11) is 0. The minimum atomic E-state index is 0.778. The molecule has 0 bridgehead atoms. The number of hydrogen-bond acceptors (Lipinski definition) is 3. The molecule has 0 unspecified atom stereocenters. The van der Waals surface area contributed by atoms with Gasteiger partial charge in [-0.25, -0.2) is 0 Å². The molecule has 19 heavy (non-hydrogen) atoms. The van der Waals surface area contributed by atoms with E-state index in [1.54, 1.807) is 0 Å². The average Bonchev–Trinajstić information content (AvgIpc) is 2.49. The lowest BCUT2D eigenvalue weighted by Crippen LogP contribution is -2.31. The molecule has 3 rings (SSSR count). The van der Waals surface area contributed by atoms with Crippen LogP contribution in [0.4, 0.5) is 5.69 Å². The van der Waals surface area contributed by atoms with Crippen LogP contribution >= 0.6 is 0 Å². The van der Waals surface area contributed by atoms with Gasteiger partial charge in [0.05, 0.1) is 5.71 Å². The molecular formula is C16H16N2O. The summed E-state index contributed by atoms with van der Waals surface area (Å²) in [5.41, 5.74) is 4.25. The van der Waals surface area contributed by atoms with E-state index >= 15 is 0 Å². The lowest BCUT2D eigenvalue weighted by atomic mass is 9.99. The molecule has 1 heterocycles. The number of rotatable bonds is 2. The van der Waals surface area contributed by atoms with Crippen molar-refractivity contribution in [3.8, 4) is 0 Å². The smallest absolute Gasteiger partial charge is 0.0906 e. The molecule has 0 amide bonds. The van der Waals surface area contributed by atoms with Gasteiger partial charge in [0.25, 0.3) is 0 Å². The molecule has 3 heteroatoms. The van der Waals surface area contributed by atoms with Crippen molar-refractivity contribution in [1.82, 2.24) is 0 Å². The molecule has 2 aromatic carbocycles. The standard InChI is InChI=1S/C16H16N2O/c19-17-15-10-11-18(12-13-6-2-1-3-7-13)16-9-5-4-8-14(15)16/h1-9,19H,10-12H2/b17-15+. The number of benzene rings is 2. The van der Waals surface area contributed by atoms with Gasteiger partial charge >= 0.3 is 0 Å². The van der Waals surface area contributed by atoms with E-state index in [0.717, 1.165) is 36.5 Å². The van der Waals surface area contributed by atoms with Gasteiger partial charge in [-0.2, -0.15) is 0 Å². The third-order valence-electron chi connectivity index (χ3n) is 3.51. The second-order valence-electron chi connectivity index (χ2n) is 4.72. The van der Waals surface area contributed by atoms with Gasteiger partial charge in [0.1, 0.15) is 0 Å². The highest BCUT2D eigenvalue weighted by atomic mass is 16.4. The number of fused-ring (bicyclic) bond motifs is 1. The largest absolute Gasteiger partial charge is 0.411 e. The fourth-order valence-electron chi connectivity index (χ4n) is 2.56. The van der Waals surface area contributed by atoms with Crippen molar-refractivity contribution in [2.24, 2.45) is 5.16 Å². The molecule has 0 atom stereocenters. The Morgan fingerprint density at radius 2 is 1.74 bits per heavy atom. The lowest BCUT2D eigenvalue weighted by Gasteiger charge is -2.31. The number of hydrogen-bond donors (Lipinski definition) is 1. The Balaban J connectivity index is 1.93. The fourth-order valence-corrected chi connectivity index (χ4v) is 2.56. The van der Waals surface area contributed by atoms with Crippen LogP contribution < -0.4 is 4.90 Å². The Kier molecular flexibility index (Phi) is 3.19. The Labute approximate surface area is 112 Å². The van der Waals surface area contributed by atoms with Gasteiger partial charge in [-0.15, -0.1) is 0 Å². The quantitative estimate of drug-likeness (QED) is 0.657. The van der Waals surface area contributed by atoms with Crippen molar-refractivity contribution in [3.63, 3.8) is 0 Å². The van der Waals surface area contributed by atoms with Gasteiger partial charge < -0.3 is 10.1 Å². The minimum Gasteiger partial charge on any atom is -0.411 e. The first kappa shape index (κ1) is 11.8. The van der Waals surface area contributed by atoms with Crippen LogP contribution in [0.25, 0.3) is 0 Å². The van der Waals surface area contributed by atoms with E-state index in [2.05, 4.69) is 40.4 Å². The third kappa shape index (κ3) is 2.32. The molecule has 1 aliphatic rings. The van der Waals surface area contributed by atoms with Gasteiger partial charge in [0, 0.05) is 30.8 Å². The monoisotopic (exact) mass is 252 g/mol. The van der Waals surface area contributed by atoms with Gasteiger partial charge in [-0.05, 0) is 11.6 Å². The molecule has 0 fully saturated rings. The van der Waals surface area contributed by atoms with E-state index < -0.39 is 0 Å². The third-order valence-corrected chi connectivity index (χ3v) is 3.51. The van der Waals surface area contributed by atoms with Crippen molar-refractivity contribution >= 4 is 11.4 Å². The van der Waals surface area contributed by atoms with Crippen LogP contribution in [0.2, 0.25) is 0 Å². The molecule has 0 spiro atoms. The number of anilines is 1. The predicted octanol–water partition coefficient (Wildman–Crippen LogP) is 3.28. The molecular weight excluding hydrogens is 236 g/mol. The molecule has 3 nitrogen and oxygen atoms in total. The summed E-state index contributed by atoms with van der Waals surface area (Å²) in [6, 6.07) is 18.5. The summed E-state index contributed by atoms with van der Waals surface area (Å²) in [4.78, 5) is 2.33. The molecule has 0 saturated carbocycles. The molecule has 1 N–H and O–H groups in total. The maximum absolute atomic E-state index is 9.08. The fraction of sp³-hybridized carbons (Fsp3) is 0.188. The minimum absolute atomic E-state index is 0.778. The van der Waals surface area contributed by atoms with E-state index in [9.17, 15) is 0 Å². The molecule has 0 aromatic heterocycles. The van der Waals surface area contributed by atoms with E-state index in [1.165, 1.54) is 5.56 Å². The van der Waals surface area contributed by atoms with Crippen LogP contribution in [0.15, 0.2) is 59.8 Å². The van der Waals surface area contributed by atoms with Crippen LogP contribution in [0, 0.1) is 0 Å². The zero-order valence-corrected chi connectivity index (χ0v) is 10.7. The van der Waals surface area contributed by atoms with Crippen LogP contribution in [-0.4, -0.2) is 17.5 Å². The first-order valence-electron chi connectivity index (χ1n) is 6.47. The molecule has 96 valence electrons. The Morgan fingerprint density at radius 3 is 2.53 bits per heavy atom. The highest BCUT2D eigenvalue weighted by Crippen LogP contribution is 2.28. The second kappa shape index (κ2) is 5.14. The first-order valence-corrected chi connectivity index (χ1v) is 6.47. The maximum atomic E-state index is 9.08. The Bertz CT molecular complexity index is 593. The summed E-state index contributed by atoms with van der Waals surface area (Å²) < 4.78 is 0. The highest BCUT2D eigenvalue weighted by Gasteiger charge is 2.21. The van der Waals surface area contributed by atoms with Gasteiger partial charge in [0.15, 0.2) is 0 Å². The zero-order valence-electron chi connectivity index (χ0n) is 10.7. The Morgan fingerprint density at radius 1 is 1.00 bits per heavy atom. The first-order chi connectivity index (χ1) is 9.38. The second-order valence-corrected chi connectivity index (χ2v) is 4.72. The molecule has 0 radical (unpaired) electrons. The van der Waals surface area contributed by atoms with E-state index in [-0.39, 0.29) is 0 Å². The summed E-state index contributed by atoms with van der Waals surface area (Å²) in [5.74, 6) is 0. The van der Waals surface area contributed by atoms with Gasteiger partial charge in [-0.1, -0.05) is 53.7 Å². The van der Waals surface area contributed by atoms with Crippen molar-refractivity contribution in [3.05, 3.63) is 65.7 Å². The summed E-state index contributed by atoms with van der Waals surface area (Å²) in [5, 5.41) is 12.5. The zero-order chi connectivity index (χ0) is 13.1.